The van der Waals surface area contributed by atoms with Gasteiger partial charge in [-0.1, -0.05) is 26.0 Å². The fourth-order valence-corrected chi connectivity index (χ4v) is 1.72. The van der Waals surface area contributed by atoms with Crippen molar-refractivity contribution in [3.8, 4) is 5.75 Å². The van der Waals surface area contributed by atoms with Crippen molar-refractivity contribution < 1.29 is 19.0 Å². The fourth-order valence-electron chi connectivity index (χ4n) is 1.72. The molecule has 0 unspecified atom stereocenters. The third-order valence-electron chi connectivity index (χ3n) is 2.63. The lowest BCUT2D eigenvalue weighted by atomic mass is 10.1. The van der Waals surface area contributed by atoms with Gasteiger partial charge in [0.25, 0.3) is 0 Å². The van der Waals surface area contributed by atoms with Crippen molar-refractivity contribution in [3.63, 3.8) is 0 Å². The second-order valence-corrected chi connectivity index (χ2v) is 4.94. The molecule has 0 aromatic heterocycles. The van der Waals surface area contributed by atoms with E-state index in [0.29, 0.717) is 19.1 Å². The first kappa shape index (κ1) is 16.9. The van der Waals surface area contributed by atoms with Gasteiger partial charge in [-0.25, -0.2) is 4.39 Å². The summed E-state index contributed by atoms with van der Waals surface area (Å²) in [5, 5.41) is 11.8. The van der Waals surface area contributed by atoms with Crippen LogP contribution in [0.25, 0.3) is 0 Å². The number of ether oxygens (including phenoxy) is 2. The molecule has 0 aliphatic carbocycles. The third-order valence-corrected chi connectivity index (χ3v) is 2.63. The van der Waals surface area contributed by atoms with Gasteiger partial charge in [-0.2, -0.15) is 0 Å². The van der Waals surface area contributed by atoms with Gasteiger partial charge in [0.15, 0.2) is 11.6 Å². The second kappa shape index (κ2) is 9.69. The maximum absolute atomic E-state index is 13.8. The SMILES string of the molecule is CC(C)CNCc1cccc(F)c1OCCOCCO. The van der Waals surface area contributed by atoms with Crippen LogP contribution in [0.3, 0.4) is 0 Å². The molecule has 0 heterocycles. The Balaban J connectivity index is 2.49. The number of benzene rings is 1. The zero-order chi connectivity index (χ0) is 14.8. The highest BCUT2D eigenvalue weighted by atomic mass is 19.1. The highest BCUT2D eigenvalue weighted by Crippen LogP contribution is 2.22. The number of aliphatic hydroxyl groups is 1. The van der Waals surface area contributed by atoms with E-state index in [1.807, 2.05) is 6.07 Å². The molecule has 0 spiro atoms. The Morgan fingerprint density at radius 1 is 1.25 bits per heavy atom. The van der Waals surface area contributed by atoms with Crippen molar-refractivity contribution in [2.24, 2.45) is 5.92 Å². The molecule has 20 heavy (non-hydrogen) atoms. The summed E-state index contributed by atoms with van der Waals surface area (Å²) in [7, 11) is 0. The Bertz CT molecular complexity index is 385. The van der Waals surface area contributed by atoms with E-state index in [4.69, 9.17) is 14.6 Å². The molecular formula is C15H24FNO3. The molecule has 0 bridgehead atoms. The first-order valence-electron chi connectivity index (χ1n) is 6.94. The highest BCUT2D eigenvalue weighted by molar-refractivity contribution is 5.34. The maximum atomic E-state index is 13.8. The number of hydrogen-bond donors (Lipinski definition) is 2. The van der Waals surface area contributed by atoms with Gasteiger partial charge in [-0.15, -0.1) is 0 Å². The number of rotatable bonds is 10. The van der Waals surface area contributed by atoms with E-state index in [2.05, 4.69) is 19.2 Å². The van der Waals surface area contributed by atoms with Crippen LogP contribution in [0.1, 0.15) is 19.4 Å². The minimum Gasteiger partial charge on any atom is -0.488 e. The molecule has 5 heteroatoms. The lowest BCUT2D eigenvalue weighted by Gasteiger charge is -2.14. The first-order valence-corrected chi connectivity index (χ1v) is 6.94. The van der Waals surface area contributed by atoms with E-state index in [1.54, 1.807) is 6.07 Å². The van der Waals surface area contributed by atoms with Gasteiger partial charge in [-0.05, 0) is 18.5 Å². The van der Waals surface area contributed by atoms with Gasteiger partial charge < -0.3 is 19.9 Å². The van der Waals surface area contributed by atoms with E-state index in [1.165, 1.54) is 6.07 Å². The summed E-state index contributed by atoms with van der Waals surface area (Å²) in [6, 6.07) is 4.91. The Hall–Kier alpha value is -1.17. The molecule has 1 rings (SSSR count). The van der Waals surface area contributed by atoms with Gasteiger partial charge >= 0.3 is 0 Å². The van der Waals surface area contributed by atoms with Crippen molar-refractivity contribution >= 4 is 0 Å². The molecule has 1 aromatic rings. The standard InChI is InChI=1S/C15H24FNO3/c1-12(2)10-17-11-13-4-3-5-14(16)15(13)20-9-8-19-7-6-18/h3-5,12,17-18H,6-11H2,1-2H3. The number of hydrogen-bond acceptors (Lipinski definition) is 4. The fraction of sp³-hybridized carbons (Fsp3) is 0.600. The van der Waals surface area contributed by atoms with E-state index in [-0.39, 0.29) is 31.4 Å². The summed E-state index contributed by atoms with van der Waals surface area (Å²) >= 11 is 0. The van der Waals surface area contributed by atoms with Crippen LogP contribution in [-0.4, -0.2) is 38.1 Å². The van der Waals surface area contributed by atoms with E-state index in [0.717, 1.165) is 12.1 Å². The minimum absolute atomic E-state index is 0.0237. The maximum Gasteiger partial charge on any atom is 0.165 e. The molecule has 0 radical (unpaired) electrons. The summed E-state index contributed by atoms with van der Waals surface area (Å²) < 4.78 is 24.3. The Morgan fingerprint density at radius 3 is 2.75 bits per heavy atom. The predicted octanol–water partition coefficient (Wildman–Crippen LogP) is 1.96. The topological polar surface area (TPSA) is 50.7 Å². The summed E-state index contributed by atoms with van der Waals surface area (Å²) in [4.78, 5) is 0. The summed E-state index contributed by atoms with van der Waals surface area (Å²) in [5.74, 6) is 0.451. The lowest BCUT2D eigenvalue weighted by Crippen LogP contribution is -2.20. The first-order chi connectivity index (χ1) is 9.65. The number of halogens is 1. The predicted molar refractivity (Wildman–Crippen MR) is 76.3 cm³/mol. The van der Waals surface area contributed by atoms with Gasteiger partial charge in [0.2, 0.25) is 0 Å². The van der Waals surface area contributed by atoms with Crippen molar-refractivity contribution in [2.45, 2.75) is 20.4 Å². The summed E-state index contributed by atoms with van der Waals surface area (Å²) in [6.07, 6.45) is 0. The molecular weight excluding hydrogens is 261 g/mol. The average molecular weight is 285 g/mol. The largest absolute Gasteiger partial charge is 0.488 e. The van der Waals surface area contributed by atoms with Gasteiger partial charge in [0.05, 0.1) is 19.8 Å². The second-order valence-electron chi connectivity index (χ2n) is 4.94. The molecule has 0 aliphatic rings. The van der Waals surface area contributed by atoms with Gasteiger partial charge in [0.1, 0.15) is 6.61 Å². The quantitative estimate of drug-likeness (QED) is 0.645. The van der Waals surface area contributed by atoms with Crippen LogP contribution >= 0.6 is 0 Å². The molecule has 0 fully saturated rings. The normalized spacial score (nSPS) is 11.1. The average Bonchev–Trinajstić information content (AvgIpc) is 2.40. The monoisotopic (exact) mass is 285 g/mol. The molecule has 2 N–H and O–H groups in total. The molecule has 0 amide bonds. The molecule has 0 aliphatic heterocycles. The Kier molecular flexibility index (Phi) is 8.18. The smallest absolute Gasteiger partial charge is 0.165 e. The molecule has 114 valence electrons. The van der Waals surface area contributed by atoms with Crippen molar-refractivity contribution in [2.75, 3.05) is 33.0 Å². The van der Waals surface area contributed by atoms with Crippen LogP contribution in [0.2, 0.25) is 0 Å². The number of para-hydroxylation sites is 1. The Labute approximate surface area is 119 Å². The molecule has 1 aromatic carbocycles. The van der Waals surface area contributed by atoms with Crippen LogP contribution in [0.5, 0.6) is 5.75 Å². The van der Waals surface area contributed by atoms with Crippen LogP contribution < -0.4 is 10.1 Å². The molecule has 0 saturated heterocycles. The number of aliphatic hydroxyl groups excluding tert-OH is 1. The van der Waals surface area contributed by atoms with Crippen LogP contribution in [-0.2, 0) is 11.3 Å². The Morgan fingerprint density at radius 2 is 2.05 bits per heavy atom. The van der Waals surface area contributed by atoms with Gasteiger partial charge in [0, 0.05) is 12.1 Å². The molecule has 0 saturated carbocycles. The third kappa shape index (κ3) is 6.32. The van der Waals surface area contributed by atoms with Crippen molar-refractivity contribution in [3.05, 3.63) is 29.6 Å². The van der Waals surface area contributed by atoms with E-state index >= 15 is 0 Å². The zero-order valence-electron chi connectivity index (χ0n) is 12.2. The minimum atomic E-state index is -0.365. The van der Waals surface area contributed by atoms with Crippen LogP contribution in [0.4, 0.5) is 4.39 Å². The molecule has 0 atom stereocenters. The van der Waals surface area contributed by atoms with Crippen molar-refractivity contribution in [1.82, 2.24) is 5.32 Å². The van der Waals surface area contributed by atoms with Crippen LogP contribution in [0.15, 0.2) is 18.2 Å². The highest BCUT2D eigenvalue weighted by Gasteiger charge is 2.09. The molecule has 4 nitrogen and oxygen atoms in total. The summed E-state index contributed by atoms with van der Waals surface area (Å²) in [5.41, 5.74) is 0.799. The summed E-state index contributed by atoms with van der Waals surface area (Å²) in [6.45, 7) is 6.51. The van der Waals surface area contributed by atoms with Crippen LogP contribution in [0, 0.1) is 11.7 Å². The number of nitrogens with one attached hydrogen (secondary N) is 1. The zero-order valence-corrected chi connectivity index (χ0v) is 12.2. The van der Waals surface area contributed by atoms with E-state index in [9.17, 15) is 4.39 Å². The van der Waals surface area contributed by atoms with Crippen molar-refractivity contribution in [1.29, 1.82) is 0 Å². The van der Waals surface area contributed by atoms with E-state index < -0.39 is 0 Å². The van der Waals surface area contributed by atoms with Gasteiger partial charge in [-0.3, -0.25) is 0 Å². The lowest BCUT2D eigenvalue weighted by molar-refractivity contribution is 0.0694.